The van der Waals surface area contributed by atoms with Crippen LogP contribution in [-0.2, 0) is 23.7 Å². The standard InChI is InChI=1S/C12H14ClN3O3S/c1-8-9(7-17)5-10(13)6-11(8)20(18,19)15-12-3-4-16(2)14-12/h3-6,17H,7H2,1-2H3,(H,14,15). The Hall–Kier alpha value is -1.57. The Morgan fingerprint density at radius 1 is 1.45 bits per heavy atom. The molecule has 2 rings (SSSR count). The third-order valence-electron chi connectivity index (χ3n) is 2.84. The number of aliphatic hydroxyl groups is 1. The summed E-state index contributed by atoms with van der Waals surface area (Å²) in [5.74, 6) is 0.220. The zero-order chi connectivity index (χ0) is 14.9. The van der Waals surface area contributed by atoms with Crippen molar-refractivity contribution in [2.45, 2.75) is 18.4 Å². The number of sulfonamides is 1. The van der Waals surface area contributed by atoms with Crippen molar-refractivity contribution in [3.63, 3.8) is 0 Å². The van der Waals surface area contributed by atoms with Gasteiger partial charge in [-0.05, 0) is 30.2 Å². The molecule has 0 unspecified atom stereocenters. The van der Waals surface area contributed by atoms with Crippen molar-refractivity contribution >= 4 is 27.4 Å². The molecule has 2 N–H and O–H groups in total. The summed E-state index contributed by atoms with van der Waals surface area (Å²) in [5, 5.41) is 13.4. The predicted molar refractivity (Wildman–Crippen MR) is 76.1 cm³/mol. The van der Waals surface area contributed by atoms with E-state index in [-0.39, 0.29) is 22.3 Å². The highest BCUT2D eigenvalue weighted by molar-refractivity contribution is 7.92. The number of nitrogens with one attached hydrogen (secondary N) is 1. The van der Waals surface area contributed by atoms with E-state index < -0.39 is 10.0 Å². The highest BCUT2D eigenvalue weighted by Gasteiger charge is 2.20. The molecular formula is C12H14ClN3O3S. The van der Waals surface area contributed by atoms with Crippen molar-refractivity contribution in [3.8, 4) is 0 Å². The maximum Gasteiger partial charge on any atom is 0.263 e. The summed E-state index contributed by atoms with van der Waals surface area (Å²) >= 11 is 5.89. The van der Waals surface area contributed by atoms with E-state index in [2.05, 4.69) is 9.82 Å². The van der Waals surface area contributed by atoms with Gasteiger partial charge in [0.1, 0.15) is 0 Å². The summed E-state index contributed by atoms with van der Waals surface area (Å²) in [4.78, 5) is 0.0275. The highest BCUT2D eigenvalue weighted by atomic mass is 35.5. The summed E-state index contributed by atoms with van der Waals surface area (Å²) in [6.07, 6.45) is 1.63. The maximum absolute atomic E-state index is 12.4. The number of nitrogens with zero attached hydrogens (tertiary/aromatic N) is 2. The van der Waals surface area contributed by atoms with E-state index >= 15 is 0 Å². The van der Waals surface area contributed by atoms with Gasteiger partial charge in [0.25, 0.3) is 10.0 Å². The van der Waals surface area contributed by atoms with Gasteiger partial charge in [-0.2, -0.15) is 5.10 Å². The maximum atomic E-state index is 12.4. The molecule has 1 aromatic carbocycles. The topological polar surface area (TPSA) is 84.2 Å². The molecule has 8 heteroatoms. The summed E-state index contributed by atoms with van der Waals surface area (Å²) in [6.45, 7) is 1.34. The molecule has 6 nitrogen and oxygen atoms in total. The minimum absolute atomic E-state index is 0.0275. The second kappa shape index (κ2) is 5.43. The van der Waals surface area contributed by atoms with Gasteiger partial charge in [-0.25, -0.2) is 8.42 Å². The number of aryl methyl sites for hydroxylation is 1. The molecule has 0 aliphatic rings. The molecule has 0 saturated carbocycles. The lowest BCUT2D eigenvalue weighted by Gasteiger charge is -2.12. The van der Waals surface area contributed by atoms with E-state index in [1.807, 2.05) is 0 Å². The highest BCUT2D eigenvalue weighted by Crippen LogP contribution is 2.26. The summed E-state index contributed by atoms with van der Waals surface area (Å²) < 4.78 is 28.6. The van der Waals surface area contributed by atoms with Crippen molar-refractivity contribution in [2.75, 3.05) is 4.72 Å². The number of aromatic nitrogens is 2. The zero-order valence-electron chi connectivity index (χ0n) is 11.0. The van der Waals surface area contributed by atoms with E-state index in [4.69, 9.17) is 11.6 Å². The molecule has 0 fully saturated rings. The van der Waals surface area contributed by atoms with Crippen LogP contribution in [0.4, 0.5) is 5.82 Å². The molecule has 0 bridgehead atoms. The first-order chi connectivity index (χ1) is 9.33. The molecule has 1 heterocycles. The van der Waals surface area contributed by atoms with Crippen molar-refractivity contribution < 1.29 is 13.5 Å². The van der Waals surface area contributed by atoms with E-state index in [0.717, 1.165) is 0 Å². The van der Waals surface area contributed by atoms with Crippen LogP contribution >= 0.6 is 11.6 Å². The smallest absolute Gasteiger partial charge is 0.263 e. The van der Waals surface area contributed by atoms with E-state index in [9.17, 15) is 13.5 Å². The van der Waals surface area contributed by atoms with Crippen molar-refractivity contribution in [3.05, 3.63) is 40.5 Å². The van der Waals surface area contributed by atoms with E-state index in [0.29, 0.717) is 11.1 Å². The van der Waals surface area contributed by atoms with Gasteiger partial charge in [-0.1, -0.05) is 11.6 Å². The first-order valence-electron chi connectivity index (χ1n) is 5.76. The minimum Gasteiger partial charge on any atom is -0.392 e. The largest absolute Gasteiger partial charge is 0.392 e. The van der Waals surface area contributed by atoms with Crippen molar-refractivity contribution in [1.82, 2.24) is 9.78 Å². The molecule has 0 aliphatic carbocycles. The predicted octanol–water partition coefficient (Wildman–Crippen LogP) is 1.68. The van der Waals surface area contributed by atoms with Crippen LogP contribution in [0.15, 0.2) is 29.3 Å². The Labute approximate surface area is 122 Å². The Bertz CT molecular complexity index is 740. The molecule has 0 spiro atoms. The van der Waals surface area contributed by atoms with Gasteiger partial charge >= 0.3 is 0 Å². The van der Waals surface area contributed by atoms with Crippen LogP contribution in [0.1, 0.15) is 11.1 Å². The van der Waals surface area contributed by atoms with Gasteiger partial charge < -0.3 is 5.11 Å². The molecule has 0 amide bonds. The molecule has 1 aromatic heterocycles. The van der Waals surface area contributed by atoms with Gasteiger partial charge in [0, 0.05) is 24.3 Å². The van der Waals surface area contributed by atoms with Crippen LogP contribution in [-0.4, -0.2) is 23.3 Å². The fourth-order valence-corrected chi connectivity index (χ4v) is 3.43. The first kappa shape index (κ1) is 14.8. The van der Waals surface area contributed by atoms with Crippen molar-refractivity contribution in [2.24, 2.45) is 7.05 Å². The van der Waals surface area contributed by atoms with Crippen LogP contribution in [0.5, 0.6) is 0 Å². The molecule has 0 saturated heterocycles. The third-order valence-corrected chi connectivity index (χ3v) is 4.54. The Morgan fingerprint density at radius 2 is 2.15 bits per heavy atom. The summed E-state index contributed by atoms with van der Waals surface area (Å²) in [6, 6.07) is 4.43. The third kappa shape index (κ3) is 2.95. The van der Waals surface area contributed by atoms with Gasteiger partial charge in [0.15, 0.2) is 5.82 Å². The Balaban J connectivity index is 2.46. The number of hydrogen-bond acceptors (Lipinski definition) is 4. The second-order valence-corrected chi connectivity index (χ2v) is 6.41. The van der Waals surface area contributed by atoms with E-state index in [1.165, 1.54) is 16.8 Å². The fourth-order valence-electron chi connectivity index (χ4n) is 1.81. The van der Waals surface area contributed by atoms with Gasteiger partial charge in [0.05, 0.1) is 11.5 Å². The number of benzene rings is 1. The molecule has 0 aliphatic heterocycles. The average Bonchev–Trinajstić information content (AvgIpc) is 2.76. The Morgan fingerprint density at radius 3 is 2.70 bits per heavy atom. The quantitative estimate of drug-likeness (QED) is 0.899. The van der Waals surface area contributed by atoms with Gasteiger partial charge in [0.2, 0.25) is 0 Å². The van der Waals surface area contributed by atoms with Crippen LogP contribution in [0.25, 0.3) is 0 Å². The SMILES string of the molecule is Cc1c(CO)cc(Cl)cc1S(=O)(=O)Nc1ccn(C)n1. The lowest BCUT2D eigenvalue weighted by molar-refractivity contribution is 0.280. The summed E-state index contributed by atoms with van der Waals surface area (Å²) in [7, 11) is -2.12. The van der Waals surface area contributed by atoms with Gasteiger partial charge in [-0.15, -0.1) is 0 Å². The average molecular weight is 316 g/mol. The monoisotopic (exact) mass is 315 g/mol. The molecular weight excluding hydrogens is 302 g/mol. The lowest BCUT2D eigenvalue weighted by Crippen LogP contribution is -2.15. The number of halogens is 1. The van der Waals surface area contributed by atoms with Gasteiger partial charge in [-0.3, -0.25) is 9.40 Å². The molecule has 0 radical (unpaired) electrons. The normalized spacial score (nSPS) is 11.6. The van der Waals surface area contributed by atoms with Crippen LogP contribution in [0.3, 0.4) is 0 Å². The fraction of sp³-hybridized carbons (Fsp3) is 0.250. The molecule has 108 valence electrons. The zero-order valence-corrected chi connectivity index (χ0v) is 12.5. The first-order valence-corrected chi connectivity index (χ1v) is 7.62. The van der Waals surface area contributed by atoms with E-state index in [1.54, 1.807) is 26.2 Å². The van der Waals surface area contributed by atoms with Crippen LogP contribution in [0.2, 0.25) is 5.02 Å². The number of hydrogen-bond donors (Lipinski definition) is 2. The lowest BCUT2D eigenvalue weighted by atomic mass is 10.1. The molecule has 2 aromatic rings. The number of anilines is 1. The number of aliphatic hydroxyl groups excluding tert-OH is 1. The molecule has 20 heavy (non-hydrogen) atoms. The Kier molecular flexibility index (Phi) is 4.03. The van der Waals surface area contributed by atoms with Crippen LogP contribution < -0.4 is 4.72 Å². The number of rotatable bonds is 4. The van der Waals surface area contributed by atoms with Crippen molar-refractivity contribution in [1.29, 1.82) is 0 Å². The molecule has 0 atom stereocenters. The summed E-state index contributed by atoms with van der Waals surface area (Å²) in [5.41, 5.74) is 0.930. The second-order valence-electron chi connectivity index (χ2n) is 4.33. The minimum atomic E-state index is -3.81. The van der Waals surface area contributed by atoms with Crippen LogP contribution in [0, 0.1) is 6.92 Å².